The summed E-state index contributed by atoms with van der Waals surface area (Å²) in [5.41, 5.74) is 4.19. The third kappa shape index (κ3) is 5.09. The molecule has 7 nitrogen and oxygen atoms in total. The zero-order chi connectivity index (χ0) is 22.0. The summed E-state index contributed by atoms with van der Waals surface area (Å²) in [5, 5.41) is 4.46. The maximum atomic E-state index is 12.7. The SMILES string of the molecule is CCn1cc(CN(C)C(=O)CCc2ccc3c(c2)CN(C(=O)C2CC2)CCO3)c(C)n1. The molecule has 2 heterocycles. The van der Waals surface area contributed by atoms with E-state index in [2.05, 4.69) is 18.1 Å². The van der Waals surface area contributed by atoms with Crippen LogP contribution in [-0.4, -0.2) is 51.6 Å². The number of amides is 2. The van der Waals surface area contributed by atoms with Crippen molar-refractivity contribution in [3.8, 4) is 5.75 Å². The van der Waals surface area contributed by atoms with Crippen LogP contribution in [-0.2, 0) is 35.6 Å². The number of hydrogen-bond acceptors (Lipinski definition) is 4. The molecule has 1 aliphatic carbocycles. The Labute approximate surface area is 184 Å². The van der Waals surface area contributed by atoms with Crippen LogP contribution in [0.1, 0.15) is 48.6 Å². The van der Waals surface area contributed by atoms with Gasteiger partial charge in [0, 0.05) is 56.3 Å². The molecule has 0 bridgehead atoms. The second-order valence-corrected chi connectivity index (χ2v) is 8.67. The van der Waals surface area contributed by atoms with E-state index in [4.69, 9.17) is 4.74 Å². The zero-order valence-electron chi connectivity index (χ0n) is 18.8. The molecule has 0 spiro atoms. The van der Waals surface area contributed by atoms with E-state index in [1.807, 2.05) is 41.9 Å². The molecule has 31 heavy (non-hydrogen) atoms. The molecule has 0 unspecified atom stereocenters. The summed E-state index contributed by atoms with van der Waals surface area (Å²) in [7, 11) is 1.84. The summed E-state index contributed by atoms with van der Waals surface area (Å²) in [5.74, 6) is 1.42. The Bertz CT molecular complexity index is 964. The van der Waals surface area contributed by atoms with Crippen molar-refractivity contribution in [3.05, 3.63) is 46.8 Å². The molecule has 2 aliphatic rings. The Balaban J connectivity index is 1.35. The van der Waals surface area contributed by atoms with E-state index < -0.39 is 0 Å². The molecule has 0 saturated heterocycles. The molecule has 166 valence electrons. The smallest absolute Gasteiger partial charge is 0.226 e. The lowest BCUT2D eigenvalue weighted by Gasteiger charge is -2.20. The molecule has 7 heteroatoms. The molecule has 2 amide bonds. The standard InChI is InChI=1S/C24H32N4O3/c1-4-28-16-21(17(2)25-28)14-26(3)23(29)10-6-18-5-9-22-20(13-18)15-27(11-12-31-22)24(30)19-7-8-19/h5,9,13,16,19H,4,6-8,10-12,14-15H2,1-3H3. The predicted octanol–water partition coefficient (Wildman–Crippen LogP) is 2.93. The molecule has 1 aliphatic heterocycles. The van der Waals surface area contributed by atoms with Gasteiger partial charge in [-0.15, -0.1) is 0 Å². The number of carbonyl (C=O) groups excluding carboxylic acids is 2. The van der Waals surface area contributed by atoms with E-state index in [0.29, 0.717) is 39.1 Å². The minimum absolute atomic E-state index is 0.111. The maximum Gasteiger partial charge on any atom is 0.226 e. The van der Waals surface area contributed by atoms with Gasteiger partial charge in [0.2, 0.25) is 11.8 Å². The fraction of sp³-hybridized carbons (Fsp3) is 0.542. The van der Waals surface area contributed by atoms with Gasteiger partial charge in [0.1, 0.15) is 12.4 Å². The summed E-state index contributed by atoms with van der Waals surface area (Å²) in [6.07, 6.45) is 5.15. The molecular formula is C24H32N4O3. The van der Waals surface area contributed by atoms with Crippen LogP contribution in [0, 0.1) is 12.8 Å². The van der Waals surface area contributed by atoms with Crippen LogP contribution in [0.5, 0.6) is 5.75 Å². The lowest BCUT2D eigenvalue weighted by Crippen LogP contribution is -2.33. The first-order valence-electron chi connectivity index (χ1n) is 11.2. The Morgan fingerprint density at radius 2 is 2.10 bits per heavy atom. The van der Waals surface area contributed by atoms with Crippen molar-refractivity contribution in [3.63, 3.8) is 0 Å². The molecule has 0 N–H and O–H groups in total. The van der Waals surface area contributed by atoms with Gasteiger partial charge in [0.05, 0.1) is 12.2 Å². The topological polar surface area (TPSA) is 67.7 Å². The first-order valence-corrected chi connectivity index (χ1v) is 11.2. The molecule has 0 radical (unpaired) electrons. The summed E-state index contributed by atoms with van der Waals surface area (Å²) in [6.45, 7) is 7.18. The molecule has 1 aromatic carbocycles. The third-order valence-electron chi connectivity index (χ3n) is 6.18. The van der Waals surface area contributed by atoms with Crippen LogP contribution < -0.4 is 4.74 Å². The number of benzene rings is 1. The van der Waals surface area contributed by atoms with Crippen LogP contribution in [0.15, 0.2) is 24.4 Å². The van der Waals surface area contributed by atoms with Gasteiger partial charge in [-0.1, -0.05) is 12.1 Å². The fourth-order valence-corrected chi connectivity index (χ4v) is 4.04. The highest BCUT2D eigenvalue weighted by Crippen LogP contribution is 2.33. The van der Waals surface area contributed by atoms with Crippen LogP contribution in [0.2, 0.25) is 0 Å². The number of hydrogen-bond donors (Lipinski definition) is 0. The van der Waals surface area contributed by atoms with E-state index in [0.717, 1.165) is 47.5 Å². The molecule has 0 atom stereocenters. The minimum atomic E-state index is 0.111. The van der Waals surface area contributed by atoms with Crippen molar-refractivity contribution in [1.29, 1.82) is 0 Å². The average molecular weight is 425 g/mol. The highest BCUT2D eigenvalue weighted by atomic mass is 16.5. The van der Waals surface area contributed by atoms with Crippen LogP contribution in [0.25, 0.3) is 0 Å². The predicted molar refractivity (Wildman–Crippen MR) is 118 cm³/mol. The quantitative estimate of drug-likeness (QED) is 0.685. The van der Waals surface area contributed by atoms with Crippen molar-refractivity contribution in [2.24, 2.45) is 5.92 Å². The maximum absolute atomic E-state index is 12.7. The van der Waals surface area contributed by atoms with Crippen molar-refractivity contribution in [1.82, 2.24) is 19.6 Å². The number of ether oxygens (including phenoxy) is 1. The summed E-state index contributed by atoms with van der Waals surface area (Å²) < 4.78 is 7.76. The van der Waals surface area contributed by atoms with Crippen molar-refractivity contribution >= 4 is 11.8 Å². The average Bonchev–Trinajstić information content (AvgIpc) is 3.57. The van der Waals surface area contributed by atoms with Gasteiger partial charge < -0.3 is 14.5 Å². The normalized spacial score (nSPS) is 15.8. The first kappa shape index (κ1) is 21.4. The lowest BCUT2D eigenvalue weighted by molar-refractivity contribution is -0.133. The first-order chi connectivity index (χ1) is 14.9. The van der Waals surface area contributed by atoms with Crippen molar-refractivity contribution in [2.45, 2.75) is 59.2 Å². The number of fused-ring (bicyclic) bond motifs is 1. The molecule has 1 aromatic heterocycles. The van der Waals surface area contributed by atoms with E-state index in [-0.39, 0.29) is 17.7 Å². The van der Waals surface area contributed by atoms with Gasteiger partial charge in [-0.25, -0.2) is 0 Å². The lowest BCUT2D eigenvalue weighted by atomic mass is 10.0. The van der Waals surface area contributed by atoms with Gasteiger partial charge in [-0.2, -0.15) is 5.10 Å². The molecule has 4 rings (SSSR count). The summed E-state index contributed by atoms with van der Waals surface area (Å²) in [4.78, 5) is 28.9. The van der Waals surface area contributed by atoms with Gasteiger partial charge in [-0.05, 0) is 44.7 Å². The highest BCUT2D eigenvalue weighted by Gasteiger charge is 2.34. The van der Waals surface area contributed by atoms with Gasteiger partial charge in [-0.3, -0.25) is 14.3 Å². The van der Waals surface area contributed by atoms with Crippen LogP contribution in [0.3, 0.4) is 0 Å². The minimum Gasteiger partial charge on any atom is -0.491 e. The van der Waals surface area contributed by atoms with Gasteiger partial charge in [0.15, 0.2) is 0 Å². The third-order valence-corrected chi connectivity index (χ3v) is 6.18. The summed E-state index contributed by atoms with van der Waals surface area (Å²) in [6, 6.07) is 6.10. The molecule has 1 saturated carbocycles. The van der Waals surface area contributed by atoms with E-state index in [1.54, 1.807) is 4.90 Å². The second kappa shape index (κ2) is 9.12. The number of aryl methyl sites for hydroxylation is 3. The monoisotopic (exact) mass is 424 g/mol. The van der Waals surface area contributed by atoms with E-state index in [9.17, 15) is 9.59 Å². The van der Waals surface area contributed by atoms with Crippen LogP contribution in [0.4, 0.5) is 0 Å². The van der Waals surface area contributed by atoms with Crippen molar-refractivity contribution in [2.75, 3.05) is 20.2 Å². The van der Waals surface area contributed by atoms with E-state index >= 15 is 0 Å². The zero-order valence-corrected chi connectivity index (χ0v) is 18.8. The summed E-state index contributed by atoms with van der Waals surface area (Å²) >= 11 is 0. The Kier molecular flexibility index (Phi) is 6.30. The molecule has 2 aromatic rings. The largest absolute Gasteiger partial charge is 0.491 e. The van der Waals surface area contributed by atoms with Gasteiger partial charge in [0.25, 0.3) is 0 Å². The Morgan fingerprint density at radius 3 is 2.81 bits per heavy atom. The van der Waals surface area contributed by atoms with Crippen molar-refractivity contribution < 1.29 is 14.3 Å². The Hall–Kier alpha value is -2.83. The number of carbonyl (C=O) groups is 2. The van der Waals surface area contributed by atoms with Gasteiger partial charge >= 0.3 is 0 Å². The number of rotatable bonds is 7. The number of nitrogens with zero attached hydrogens (tertiary/aromatic N) is 4. The molecule has 1 fully saturated rings. The molecular weight excluding hydrogens is 392 g/mol. The van der Waals surface area contributed by atoms with E-state index in [1.165, 1.54) is 0 Å². The number of aromatic nitrogens is 2. The Morgan fingerprint density at radius 1 is 1.29 bits per heavy atom. The van der Waals surface area contributed by atoms with Crippen LogP contribution >= 0.6 is 0 Å². The highest BCUT2D eigenvalue weighted by molar-refractivity contribution is 5.81. The second-order valence-electron chi connectivity index (χ2n) is 8.67. The fourth-order valence-electron chi connectivity index (χ4n) is 4.04.